The zero-order chi connectivity index (χ0) is 7.84. The van der Waals surface area contributed by atoms with Crippen LogP contribution in [0, 0.1) is 0 Å². The molecule has 0 fully saturated rings. The Hall–Kier alpha value is -1.64. The van der Waals surface area contributed by atoms with Crippen molar-refractivity contribution in [3.63, 3.8) is 0 Å². The van der Waals surface area contributed by atoms with Gasteiger partial charge in [0, 0.05) is 17.6 Å². The molecule has 0 saturated heterocycles. The molecule has 2 aromatic rings. The average molecular weight is 149 g/mol. The van der Waals surface area contributed by atoms with Crippen molar-refractivity contribution < 1.29 is 10.2 Å². The summed E-state index contributed by atoms with van der Waals surface area (Å²) in [4.78, 5) is 2.82. The number of phenols is 1. The van der Waals surface area contributed by atoms with Gasteiger partial charge in [0.1, 0.15) is 11.5 Å². The fourth-order valence-electron chi connectivity index (χ4n) is 1.10. The second kappa shape index (κ2) is 1.92. The lowest BCUT2D eigenvalue weighted by atomic mass is 10.2. The molecule has 0 radical (unpaired) electrons. The maximum Gasteiger partial charge on any atom is 0.140 e. The second-order valence-corrected chi connectivity index (χ2v) is 2.40. The van der Waals surface area contributed by atoms with Gasteiger partial charge in [0.05, 0.1) is 5.52 Å². The summed E-state index contributed by atoms with van der Waals surface area (Å²) in [6.07, 6.45) is 1.49. The van der Waals surface area contributed by atoms with E-state index in [0.717, 1.165) is 10.9 Å². The summed E-state index contributed by atoms with van der Waals surface area (Å²) in [6.45, 7) is 0. The normalized spacial score (nSPS) is 10.5. The van der Waals surface area contributed by atoms with Crippen LogP contribution in [0.25, 0.3) is 10.9 Å². The Morgan fingerprint density at radius 3 is 2.82 bits per heavy atom. The topological polar surface area (TPSA) is 56.2 Å². The number of rotatable bonds is 0. The van der Waals surface area contributed by atoms with Gasteiger partial charge >= 0.3 is 0 Å². The molecule has 0 unspecified atom stereocenters. The first-order valence-electron chi connectivity index (χ1n) is 3.26. The van der Waals surface area contributed by atoms with Crippen LogP contribution in [0.2, 0.25) is 0 Å². The van der Waals surface area contributed by atoms with Crippen LogP contribution in [0.4, 0.5) is 0 Å². The number of aromatic hydroxyl groups is 2. The van der Waals surface area contributed by atoms with E-state index in [1.807, 2.05) is 0 Å². The van der Waals surface area contributed by atoms with Gasteiger partial charge in [0.15, 0.2) is 0 Å². The van der Waals surface area contributed by atoms with Gasteiger partial charge in [-0.2, -0.15) is 0 Å². The highest BCUT2D eigenvalue weighted by atomic mass is 16.3. The summed E-state index contributed by atoms with van der Waals surface area (Å²) >= 11 is 0. The summed E-state index contributed by atoms with van der Waals surface area (Å²) in [6, 6.07) is 4.77. The fourth-order valence-corrected chi connectivity index (χ4v) is 1.10. The second-order valence-electron chi connectivity index (χ2n) is 2.40. The van der Waals surface area contributed by atoms with E-state index in [-0.39, 0.29) is 11.5 Å². The van der Waals surface area contributed by atoms with Crippen LogP contribution >= 0.6 is 0 Å². The minimum atomic E-state index is 0.194. The van der Waals surface area contributed by atoms with Crippen molar-refractivity contribution in [2.45, 2.75) is 0 Å². The fraction of sp³-hybridized carbons (Fsp3) is 0. The van der Waals surface area contributed by atoms with Crippen LogP contribution in [-0.2, 0) is 0 Å². The minimum absolute atomic E-state index is 0.194. The quantitative estimate of drug-likeness (QED) is 0.532. The lowest BCUT2D eigenvalue weighted by Crippen LogP contribution is -1.66. The molecule has 0 saturated carbocycles. The predicted molar refractivity (Wildman–Crippen MR) is 41.6 cm³/mol. The first-order valence-corrected chi connectivity index (χ1v) is 3.26. The summed E-state index contributed by atoms with van der Waals surface area (Å²) in [5.74, 6) is 0.402. The Labute approximate surface area is 62.9 Å². The summed E-state index contributed by atoms with van der Waals surface area (Å²) in [5.41, 5.74) is 0.738. The maximum absolute atomic E-state index is 9.19. The van der Waals surface area contributed by atoms with E-state index >= 15 is 0 Å². The molecule has 3 nitrogen and oxygen atoms in total. The van der Waals surface area contributed by atoms with E-state index < -0.39 is 0 Å². The van der Waals surface area contributed by atoms with Crippen LogP contribution in [0.5, 0.6) is 11.5 Å². The molecule has 11 heavy (non-hydrogen) atoms. The largest absolute Gasteiger partial charge is 0.508 e. The molecule has 0 aliphatic heterocycles. The van der Waals surface area contributed by atoms with Crippen molar-refractivity contribution in [3.8, 4) is 11.5 Å². The standard InChI is InChI=1S/C8H7NO2/c10-5-1-2-6-7(3-5)9-4-8(6)11/h1-4,9-11H. The molecular formula is C8H7NO2. The molecule has 0 amide bonds. The lowest BCUT2D eigenvalue weighted by molar-refractivity contribution is 0.475. The van der Waals surface area contributed by atoms with Gasteiger partial charge in [-0.05, 0) is 12.1 Å². The first-order chi connectivity index (χ1) is 5.27. The van der Waals surface area contributed by atoms with Crippen LogP contribution < -0.4 is 0 Å². The Morgan fingerprint density at radius 1 is 1.18 bits per heavy atom. The summed E-state index contributed by atoms with van der Waals surface area (Å²) in [5, 5.41) is 19.0. The number of H-pyrrole nitrogens is 1. The highest BCUT2D eigenvalue weighted by Gasteiger charge is 2.00. The van der Waals surface area contributed by atoms with Crippen molar-refractivity contribution in [3.05, 3.63) is 24.4 Å². The van der Waals surface area contributed by atoms with Crippen LogP contribution in [0.15, 0.2) is 24.4 Å². The minimum Gasteiger partial charge on any atom is -0.508 e. The van der Waals surface area contributed by atoms with E-state index in [4.69, 9.17) is 5.11 Å². The third kappa shape index (κ3) is 0.816. The Morgan fingerprint density at radius 2 is 2.00 bits per heavy atom. The highest BCUT2D eigenvalue weighted by Crippen LogP contribution is 2.26. The summed E-state index contributed by atoms with van der Waals surface area (Å²) < 4.78 is 0. The van der Waals surface area contributed by atoms with E-state index in [1.165, 1.54) is 12.3 Å². The van der Waals surface area contributed by atoms with Gasteiger partial charge < -0.3 is 15.2 Å². The highest BCUT2D eigenvalue weighted by molar-refractivity contribution is 5.86. The average Bonchev–Trinajstić information content (AvgIpc) is 2.32. The first kappa shape index (κ1) is 6.09. The predicted octanol–water partition coefficient (Wildman–Crippen LogP) is 1.58. The SMILES string of the molecule is Oc1ccc2c(O)c[nH]c2c1. The number of aromatic nitrogens is 1. The molecule has 1 aromatic heterocycles. The summed E-state index contributed by atoms with van der Waals surface area (Å²) in [7, 11) is 0. The van der Waals surface area contributed by atoms with Gasteiger partial charge in [0.2, 0.25) is 0 Å². The van der Waals surface area contributed by atoms with E-state index in [1.54, 1.807) is 12.1 Å². The van der Waals surface area contributed by atoms with Crippen molar-refractivity contribution in [1.29, 1.82) is 0 Å². The third-order valence-electron chi connectivity index (χ3n) is 1.64. The van der Waals surface area contributed by atoms with E-state index in [9.17, 15) is 5.11 Å². The number of phenolic OH excluding ortho intramolecular Hbond substituents is 1. The Kier molecular flexibility index (Phi) is 1.06. The van der Waals surface area contributed by atoms with Gasteiger partial charge in [-0.1, -0.05) is 0 Å². The number of aromatic amines is 1. The number of hydrogen-bond donors (Lipinski definition) is 3. The molecule has 3 N–H and O–H groups in total. The molecule has 3 heteroatoms. The number of nitrogens with one attached hydrogen (secondary N) is 1. The number of benzene rings is 1. The number of fused-ring (bicyclic) bond motifs is 1. The molecule has 0 spiro atoms. The maximum atomic E-state index is 9.19. The van der Waals surface area contributed by atoms with Crippen molar-refractivity contribution >= 4 is 10.9 Å². The smallest absolute Gasteiger partial charge is 0.140 e. The van der Waals surface area contributed by atoms with Gasteiger partial charge in [-0.25, -0.2) is 0 Å². The van der Waals surface area contributed by atoms with E-state index in [2.05, 4.69) is 4.98 Å². The molecule has 0 atom stereocenters. The van der Waals surface area contributed by atoms with Gasteiger partial charge in [0.25, 0.3) is 0 Å². The van der Waals surface area contributed by atoms with Crippen molar-refractivity contribution in [2.24, 2.45) is 0 Å². The van der Waals surface area contributed by atoms with Gasteiger partial charge in [-0.15, -0.1) is 0 Å². The molecule has 0 aliphatic rings. The zero-order valence-corrected chi connectivity index (χ0v) is 5.70. The molecular weight excluding hydrogens is 142 g/mol. The monoisotopic (exact) mass is 149 g/mol. The third-order valence-corrected chi connectivity index (χ3v) is 1.64. The molecule has 1 aromatic carbocycles. The Bertz CT molecular complexity index is 392. The molecule has 1 heterocycles. The van der Waals surface area contributed by atoms with E-state index in [0.29, 0.717) is 0 Å². The van der Waals surface area contributed by atoms with Crippen molar-refractivity contribution in [2.75, 3.05) is 0 Å². The van der Waals surface area contributed by atoms with Gasteiger partial charge in [-0.3, -0.25) is 0 Å². The van der Waals surface area contributed by atoms with Crippen LogP contribution in [0.1, 0.15) is 0 Å². The molecule has 56 valence electrons. The van der Waals surface area contributed by atoms with Crippen molar-refractivity contribution in [1.82, 2.24) is 4.98 Å². The molecule has 2 rings (SSSR count). The molecule has 0 bridgehead atoms. The molecule has 0 aliphatic carbocycles. The Balaban J connectivity index is 2.86. The number of hydrogen-bond acceptors (Lipinski definition) is 2. The lowest BCUT2D eigenvalue weighted by Gasteiger charge is -1.91. The van der Waals surface area contributed by atoms with Crippen LogP contribution in [-0.4, -0.2) is 15.2 Å². The van der Waals surface area contributed by atoms with Crippen LogP contribution in [0.3, 0.4) is 0 Å². The zero-order valence-electron chi connectivity index (χ0n) is 5.70.